The second kappa shape index (κ2) is 3.66. The van der Waals surface area contributed by atoms with E-state index in [4.69, 9.17) is 5.73 Å². The van der Waals surface area contributed by atoms with E-state index < -0.39 is 0 Å². The lowest BCUT2D eigenvalue weighted by molar-refractivity contribution is -0.132. The lowest BCUT2D eigenvalue weighted by atomic mass is 10.1. The lowest BCUT2D eigenvalue weighted by Crippen LogP contribution is -2.37. The van der Waals surface area contributed by atoms with Gasteiger partial charge < -0.3 is 10.6 Å². The molecule has 0 aromatic heterocycles. The Bertz CT molecular complexity index is 205. The van der Waals surface area contributed by atoms with Crippen LogP contribution in [0, 0.1) is 5.92 Å². The molecule has 2 aliphatic rings. The van der Waals surface area contributed by atoms with Crippen LogP contribution < -0.4 is 5.73 Å². The van der Waals surface area contributed by atoms with Crippen molar-refractivity contribution in [3.8, 4) is 0 Å². The zero-order valence-electron chi connectivity index (χ0n) is 8.04. The van der Waals surface area contributed by atoms with Crippen molar-refractivity contribution in [3.63, 3.8) is 0 Å². The molecule has 3 heteroatoms. The third-order valence-electron chi connectivity index (χ3n) is 3.32. The second-order valence-electron chi connectivity index (χ2n) is 4.27. The molecule has 74 valence electrons. The highest BCUT2D eigenvalue weighted by molar-refractivity contribution is 5.77. The maximum Gasteiger partial charge on any atom is 0.222 e. The Morgan fingerprint density at radius 3 is 2.85 bits per heavy atom. The molecule has 2 atom stereocenters. The standard InChI is InChI=1S/C10H18N2O/c11-5-1-2-10(13)12-7-8-3-4-9(12)6-8/h8-9H,1-7,11H2. The monoisotopic (exact) mass is 182 g/mol. The van der Waals surface area contributed by atoms with Gasteiger partial charge in [-0.1, -0.05) is 0 Å². The molecule has 1 aliphatic heterocycles. The smallest absolute Gasteiger partial charge is 0.222 e. The van der Waals surface area contributed by atoms with E-state index in [-0.39, 0.29) is 0 Å². The molecule has 2 unspecified atom stereocenters. The predicted molar refractivity (Wildman–Crippen MR) is 51.1 cm³/mol. The third-order valence-corrected chi connectivity index (χ3v) is 3.32. The molecule has 0 aromatic rings. The van der Waals surface area contributed by atoms with Crippen LogP contribution in [0.1, 0.15) is 32.1 Å². The molecule has 2 rings (SSSR count). The summed E-state index contributed by atoms with van der Waals surface area (Å²) in [6.45, 7) is 1.65. The van der Waals surface area contributed by atoms with Crippen molar-refractivity contribution in [2.45, 2.75) is 38.1 Å². The first-order chi connectivity index (χ1) is 6.31. The molecule has 2 fully saturated rings. The third kappa shape index (κ3) is 1.70. The summed E-state index contributed by atoms with van der Waals surface area (Å²) in [5.74, 6) is 1.14. The van der Waals surface area contributed by atoms with Gasteiger partial charge >= 0.3 is 0 Å². The molecule has 2 N–H and O–H groups in total. The number of likely N-dealkylation sites (tertiary alicyclic amines) is 1. The molecule has 1 saturated carbocycles. The fraction of sp³-hybridized carbons (Fsp3) is 0.900. The van der Waals surface area contributed by atoms with Crippen molar-refractivity contribution < 1.29 is 4.79 Å². The summed E-state index contributed by atoms with van der Waals surface area (Å²) in [5.41, 5.74) is 5.38. The SMILES string of the molecule is NCCCC(=O)N1CC2CCC1C2. The van der Waals surface area contributed by atoms with E-state index >= 15 is 0 Å². The maximum atomic E-state index is 11.7. The summed E-state index contributed by atoms with van der Waals surface area (Å²) in [7, 11) is 0. The van der Waals surface area contributed by atoms with E-state index in [0.29, 0.717) is 24.9 Å². The number of carbonyl (C=O) groups is 1. The van der Waals surface area contributed by atoms with Gasteiger partial charge in [0.15, 0.2) is 0 Å². The van der Waals surface area contributed by atoms with Crippen LogP contribution in [0.3, 0.4) is 0 Å². The number of nitrogens with zero attached hydrogens (tertiary/aromatic N) is 1. The van der Waals surface area contributed by atoms with Crippen molar-refractivity contribution in [1.29, 1.82) is 0 Å². The molecular weight excluding hydrogens is 164 g/mol. The molecule has 0 spiro atoms. The quantitative estimate of drug-likeness (QED) is 0.699. The minimum atomic E-state index is 0.331. The van der Waals surface area contributed by atoms with E-state index in [1.807, 2.05) is 0 Å². The van der Waals surface area contributed by atoms with Gasteiger partial charge in [0.05, 0.1) is 0 Å². The number of piperidine rings is 1. The molecule has 13 heavy (non-hydrogen) atoms. The summed E-state index contributed by atoms with van der Waals surface area (Å²) in [4.78, 5) is 13.8. The van der Waals surface area contributed by atoms with Gasteiger partial charge in [-0.15, -0.1) is 0 Å². The van der Waals surface area contributed by atoms with Crippen LogP contribution >= 0.6 is 0 Å². The second-order valence-corrected chi connectivity index (χ2v) is 4.27. The lowest BCUT2D eigenvalue weighted by Gasteiger charge is -2.26. The molecule has 1 saturated heterocycles. The van der Waals surface area contributed by atoms with Gasteiger partial charge in [-0.3, -0.25) is 4.79 Å². The van der Waals surface area contributed by atoms with Crippen LogP contribution in [0.5, 0.6) is 0 Å². The summed E-state index contributed by atoms with van der Waals surface area (Å²) in [5, 5.41) is 0. The molecule has 2 bridgehead atoms. The highest BCUT2D eigenvalue weighted by Crippen LogP contribution is 2.37. The Morgan fingerprint density at radius 1 is 1.46 bits per heavy atom. The Kier molecular flexibility index (Phi) is 2.54. The average molecular weight is 182 g/mol. The normalized spacial score (nSPS) is 31.3. The topological polar surface area (TPSA) is 46.3 Å². The molecular formula is C10H18N2O. The molecule has 0 aromatic carbocycles. The van der Waals surface area contributed by atoms with Gasteiger partial charge in [0.2, 0.25) is 5.91 Å². The van der Waals surface area contributed by atoms with E-state index in [2.05, 4.69) is 4.90 Å². The Labute approximate surface area is 79.3 Å². The number of hydrogen-bond acceptors (Lipinski definition) is 2. The number of nitrogens with two attached hydrogens (primary N) is 1. The first kappa shape index (κ1) is 9.00. The predicted octanol–water partition coefficient (Wildman–Crippen LogP) is 0.736. The van der Waals surface area contributed by atoms with Gasteiger partial charge in [0, 0.05) is 19.0 Å². The van der Waals surface area contributed by atoms with Crippen molar-refractivity contribution in [3.05, 3.63) is 0 Å². The minimum absolute atomic E-state index is 0.331. The van der Waals surface area contributed by atoms with E-state index in [1.165, 1.54) is 19.3 Å². The van der Waals surface area contributed by atoms with Gasteiger partial charge in [-0.05, 0) is 38.1 Å². The summed E-state index contributed by atoms with van der Waals surface area (Å²) >= 11 is 0. The average Bonchev–Trinajstić information content (AvgIpc) is 2.74. The molecule has 1 heterocycles. The first-order valence-electron chi connectivity index (χ1n) is 5.31. The van der Waals surface area contributed by atoms with Gasteiger partial charge in [-0.2, -0.15) is 0 Å². The van der Waals surface area contributed by atoms with Crippen molar-refractivity contribution >= 4 is 5.91 Å². The molecule has 1 amide bonds. The van der Waals surface area contributed by atoms with Crippen LogP contribution in [0.15, 0.2) is 0 Å². The zero-order chi connectivity index (χ0) is 9.26. The molecule has 3 nitrogen and oxygen atoms in total. The minimum Gasteiger partial charge on any atom is -0.339 e. The summed E-state index contributed by atoms with van der Waals surface area (Å²) < 4.78 is 0. The zero-order valence-corrected chi connectivity index (χ0v) is 8.04. The maximum absolute atomic E-state index is 11.7. The van der Waals surface area contributed by atoms with E-state index in [1.54, 1.807) is 0 Å². The summed E-state index contributed by atoms with van der Waals surface area (Å²) in [6.07, 6.45) is 5.32. The number of hydrogen-bond donors (Lipinski definition) is 1. The summed E-state index contributed by atoms with van der Waals surface area (Å²) in [6, 6.07) is 0.579. The Hall–Kier alpha value is -0.570. The number of carbonyl (C=O) groups excluding carboxylic acids is 1. The van der Waals surface area contributed by atoms with E-state index in [9.17, 15) is 4.79 Å². The van der Waals surface area contributed by atoms with E-state index in [0.717, 1.165) is 18.9 Å². The van der Waals surface area contributed by atoms with Crippen LogP contribution in [-0.4, -0.2) is 29.9 Å². The highest BCUT2D eigenvalue weighted by Gasteiger charge is 2.39. The van der Waals surface area contributed by atoms with Crippen molar-refractivity contribution in [2.75, 3.05) is 13.1 Å². The highest BCUT2D eigenvalue weighted by atomic mass is 16.2. The van der Waals surface area contributed by atoms with Crippen LogP contribution in [0.25, 0.3) is 0 Å². The van der Waals surface area contributed by atoms with Gasteiger partial charge in [0.25, 0.3) is 0 Å². The fourth-order valence-electron chi connectivity index (χ4n) is 2.63. The van der Waals surface area contributed by atoms with Crippen LogP contribution in [0.4, 0.5) is 0 Å². The van der Waals surface area contributed by atoms with Crippen molar-refractivity contribution in [2.24, 2.45) is 11.7 Å². The fourth-order valence-corrected chi connectivity index (χ4v) is 2.63. The first-order valence-corrected chi connectivity index (χ1v) is 5.31. The van der Waals surface area contributed by atoms with Crippen LogP contribution in [0.2, 0.25) is 0 Å². The molecule has 0 radical (unpaired) electrons. The van der Waals surface area contributed by atoms with Crippen LogP contribution in [-0.2, 0) is 4.79 Å². The van der Waals surface area contributed by atoms with Gasteiger partial charge in [-0.25, -0.2) is 0 Å². The van der Waals surface area contributed by atoms with Crippen molar-refractivity contribution in [1.82, 2.24) is 4.90 Å². The number of fused-ring (bicyclic) bond motifs is 2. The Balaban J connectivity index is 1.84. The molecule has 1 aliphatic carbocycles. The Morgan fingerprint density at radius 2 is 2.31 bits per heavy atom. The van der Waals surface area contributed by atoms with Gasteiger partial charge in [0.1, 0.15) is 0 Å². The number of amides is 1. The number of rotatable bonds is 3. The largest absolute Gasteiger partial charge is 0.339 e.